The molecule has 1 amide bonds. The number of hydrogen-bond acceptors (Lipinski definition) is 4. The fourth-order valence-corrected chi connectivity index (χ4v) is 1.70. The number of carbonyl (C=O) groups is 1. The van der Waals surface area contributed by atoms with E-state index in [9.17, 15) is 9.18 Å². The van der Waals surface area contributed by atoms with Crippen molar-refractivity contribution in [1.82, 2.24) is 4.98 Å². The molecule has 1 aromatic carbocycles. The number of nitrogens with zero attached hydrogens (tertiary/aromatic N) is 1. The van der Waals surface area contributed by atoms with Gasteiger partial charge < -0.3 is 16.8 Å². The summed E-state index contributed by atoms with van der Waals surface area (Å²) in [6, 6.07) is 5.20. The van der Waals surface area contributed by atoms with Crippen molar-refractivity contribution in [3.8, 4) is 0 Å². The number of nitrogens with one attached hydrogen (secondary N) is 1. The van der Waals surface area contributed by atoms with Crippen LogP contribution in [0, 0.1) is 5.82 Å². The van der Waals surface area contributed by atoms with Crippen LogP contribution in [0.15, 0.2) is 30.5 Å². The molecule has 0 aliphatic rings. The number of hydrogen-bond donors (Lipinski definition) is 3. The first kappa shape index (κ1) is 13.1. The summed E-state index contributed by atoms with van der Waals surface area (Å²) in [5, 5.41) is 2.97. The number of amides is 1. The maximum absolute atomic E-state index is 12.9. The lowest BCUT2D eigenvalue weighted by atomic mass is 10.2. The van der Waals surface area contributed by atoms with Gasteiger partial charge >= 0.3 is 0 Å². The first-order valence-electron chi connectivity index (χ1n) is 5.25. The number of carbonyl (C=O) groups excluding carboxylic acids is 1. The van der Waals surface area contributed by atoms with Gasteiger partial charge in [0, 0.05) is 0 Å². The van der Waals surface area contributed by atoms with E-state index in [2.05, 4.69) is 10.3 Å². The molecule has 1 aromatic heterocycles. The summed E-state index contributed by atoms with van der Waals surface area (Å²) >= 11 is 5.87. The highest BCUT2D eigenvalue weighted by Gasteiger charge is 2.12. The fraction of sp³-hybridized carbons (Fsp3) is 0. The molecule has 0 aliphatic heterocycles. The molecule has 7 heteroatoms. The fourth-order valence-electron chi connectivity index (χ4n) is 1.49. The summed E-state index contributed by atoms with van der Waals surface area (Å²) in [6.07, 6.45) is 1.37. The van der Waals surface area contributed by atoms with Gasteiger partial charge in [-0.15, -0.1) is 0 Å². The molecule has 5 nitrogen and oxygen atoms in total. The van der Waals surface area contributed by atoms with Crippen molar-refractivity contribution in [3.63, 3.8) is 0 Å². The maximum atomic E-state index is 12.9. The van der Waals surface area contributed by atoms with E-state index >= 15 is 0 Å². The van der Waals surface area contributed by atoms with E-state index in [0.29, 0.717) is 11.4 Å². The van der Waals surface area contributed by atoms with Crippen LogP contribution in [0.3, 0.4) is 0 Å². The van der Waals surface area contributed by atoms with Gasteiger partial charge in [0.15, 0.2) is 0 Å². The minimum atomic E-state index is -0.680. The molecule has 0 radical (unpaired) electrons. The van der Waals surface area contributed by atoms with Crippen LogP contribution in [0.1, 0.15) is 10.4 Å². The van der Waals surface area contributed by atoms with E-state index in [1.165, 1.54) is 24.4 Å². The third-order valence-corrected chi connectivity index (χ3v) is 2.67. The van der Waals surface area contributed by atoms with Crippen molar-refractivity contribution in [2.75, 3.05) is 11.1 Å². The normalized spacial score (nSPS) is 10.2. The second kappa shape index (κ2) is 5.11. The van der Waals surface area contributed by atoms with Gasteiger partial charge in [-0.25, -0.2) is 9.37 Å². The van der Waals surface area contributed by atoms with Gasteiger partial charge in [-0.05, 0) is 24.3 Å². The Balaban J connectivity index is 2.40. The van der Waals surface area contributed by atoms with Crippen LogP contribution in [-0.4, -0.2) is 10.9 Å². The number of halogens is 2. The van der Waals surface area contributed by atoms with Crippen LogP contribution in [-0.2, 0) is 0 Å². The van der Waals surface area contributed by atoms with Gasteiger partial charge in [0.05, 0.1) is 28.2 Å². The molecule has 0 aliphatic carbocycles. The van der Waals surface area contributed by atoms with Crippen LogP contribution in [0.2, 0.25) is 5.02 Å². The monoisotopic (exact) mass is 280 g/mol. The Morgan fingerprint density at radius 1 is 1.37 bits per heavy atom. The molecule has 0 fully saturated rings. The number of nitrogens with two attached hydrogens (primary N) is 2. The van der Waals surface area contributed by atoms with Gasteiger partial charge in [0.1, 0.15) is 11.6 Å². The van der Waals surface area contributed by atoms with Crippen LogP contribution in [0.5, 0.6) is 0 Å². The summed E-state index contributed by atoms with van der Waals surface area (Å²) in [4.78, 5) is 15.3. The first-order valence-corrected chi connectivity index (χ1v) is 5.62. The van der Waals surface area contributed by atoms with Crippen molar-refractivity contribution in [2.24, 2.45) is 5.73 Å². The molecule has 19 heavy (non-hydrogen) atoms. The number of benzene rings is 1. The number of rotatable bonds is 3. The molecule has 2 rings (SSSR count). The van der Waals surface area contributed by atoms with E-state index in [4.69, 9.17) is 23.1 Å². The number of aromatic nitrogens is 1. The molecule has 1 heterocycles. The molecule has 0 atom stereocenters. The number of pyridine rings is 1. The number of anilines is 3. The molecule has 5 N–H and O–H groups in total. The number of nitrogen functional groups attached to an aromatic ring is 1. The second-order valence-corrected chi connectivity index (χ2v) is 4.19. The second-order valence-electron chi connectivity index (χ2n) is 3.78. The third kappa shape index (κ3) is 2.92. The molecule has 0 saturated heterocycles. The SMILES string of the molecule is NC(=O)c1cc(N)cnc1Nc1ccc(F)cc1Cl. The molecular weight excluding hydrogens is 271 g/mol. The van der Waals surface area contributed by atoms with E-state index in [0.717, 1.165) is 6.07 Å². The Hall–Kier alpha value is -2.34. The van der Waals surface area contributed by atoms with Crippen LogP contribution < -0.4 is 16.8 Å². The van der Waals surface area contributed by atoms with E-state index in [1.54, 1.807) is 0 Å². The molecule has 98 valence electrons. The lowest BCUT2D eigenvalue weighted by molar-refractivity contribution is 0.100. The minimum absolute atomic E-state index is 0.125. The highest BCUT2D eigenvalue weighted by molar-refractivity contribution is 6.33. The predicted octanol–water partition coefficient (Wildman–Crippen LogP) is 2.30. The van der Waals surface area contributed by atoms with Crippen molar-refractivity contribution >= 4 is 34.7 Å². The van der Waals surface area contributed by atoms with Gasteiger partial charge in [-0.3, -0.25) is 4.79 Å². The molecular formula is C12H10ClFN4O. The number of primary amides is 1. The smallest absolute Gasteiger partial charge is 0.252 e. The van der Waals surface area contributed by atoms with Gasteiger partial charge in [0.2, 0.25) is 0 Å². The molecule has 0 bridgehead atoms. The standard InChI is InChI=1S/C12H10ClFN4O/c13-9-3-6(14)1-2-10(9)18-12-8(11(16)19)4-7(15)5-17-12/h1-5H,15H2,(H2,16,19)(H,17,18). The van der Waals surface area contributed by atoms with Crippen molar-refractivity contribution < 1.29 is 9.18 Å². The Labute approximate surface area is 113 Å². The zero-order valence-corrected chi connectivity index (χ0v) is 10.4. The maximum Gasteiger partial charge on any atom is 0.252 e. The zero-order chi connectivity index (χ0) is 14.0. The first-order chi connectivity index (χ1) is 8.97. The van der Waals surface area contributed by atoms with Crippen molar-refractivity contribution in [3.05, 3.63) is 46.9 Å². The minimum Gasteiger partial charge on any atom is -0.397 e. The van der Waals surface area contributed by atoms with E-state index in [-0.39, 0.29) is 16.4 Å². The van der Waals surface area contributed by atoms with E-state index in [1.807, 2.05) is 0 Å². The summed E-state index contributed by atoms with van der Waals surface area (Å²) < 4.78 is 12.9. The summed E-state index contributed by atoms with van der Waals surface area (Å²) in [5.74, 6) is -0.938. The molecule has 0 spiro atoms. The summed E-state index contributed by atoms with van der Waals surface area (Å²) in [6.45, 7) is 0. The van der Waals surface area contributed by atoms with Crippen molar-refractivity contribution in [1.29, 1.82) is 0 Å². The van der Waals surface area contributed by atoms with Crippen molar-refractivity contribution in [2.45, 2.75) is 0 Å². The lowest BCUT2D eigenvalue weighted by Gasteiger charge is -2.11. The Kier molecular flexibility index (Phi) is 3.52. The Morgan fingerprint density at radius 2 is 2.11 bits per heavy atom. The van der Waals surface area contributed by atoms with Gasteiger partial charge in [0.25, 0.3) is 5.91 Å². The summed E-state index contributed by atoms with van der Waals surface area (Å²) in [7, 11) is 0. The van der Waals surface area contributed by atoms with Crippen LogP contribution in [0.4, 0.5) is 21.6 Å². The average Bonchev–Trinajstić information content (AvgIpc) is 2.34. The van der Waals surface area contributed by atoms with Gasteiger partial charge in [-0.1, -0.05) is 11.6 Å². The van der Waals surface area contributed by atoms with Crippen LogP contribution >= 0.6 is 11.6 Å². The van der Waals surface area contributed by atoms with Crippen LogP contribution in [0.25, 0.3) is 0 Å². The molecule has 0 unspecified atom stereocenters. The largest absolute Gasteiger partial charge is 0.397 e. The van der Waals surface area contributed by atoms with E-state index < -0.39 is 11.7 Å². The zero-order valence-electron chi connectivity index (χ0n) is 9.65. The Bertz CT molecular complexity index is 648. The summed E-state index contributed by atoms with van der Waals surface area (Å²) in [5.41, 5.74) is 11.6. The molecule has 2 aromatic rings. The van der Waals surface area contributed by atoms with Gasteiger partial charge in [-0.2, -0.15) is 0 Å². The lowest BCUT2D eigenvalue weighted by Crippen LogP contribution is -2.15. The average molecular weight is 281 g/mol. The Morgan fingerprint density at radius 3 is 2.74 bits per heavy atom. The molecule has 0 saturated carbocycles. The highest BCUT2D eigenvalue weighted by atomic mass is 35.5. The quantitative estimate of drug-likeness (QED) is 0.804. The highest BCUT2D eigenvalue weighted by Crippen LogP contribution is 2.27. The predicted molar refractivity (Wildman–Crippen MR) is 71.9 cm³/mol. The third-order valence-electron chi connectivity index (χ3n) is 2.36. The topological polar surface area (TPSA) is 94.0 Å².